The molecule has 0 aliphatic carbocycles. The number of nitro benzene ring substituents is 1. The van der Waals surface area contributed by atoms with Crippen LogP contribution in [0.4, 0.5) is 17.1 Å². The molecule has 0 radical (unpaired) electrons. The first-order valence-electron chi connectivity index (χ1n) is 8.70. The van der Waals surface area contributed by atoms with E-state index in [9.17, 15) is 14.9 Å². The van der Waals surface area contributed by atoms with Crippen LogP contribution in [0, 0.1) is 10.1 Å². The maximum atomic E-state index is 12.3. The lowest BCUT2D eigenvalue weighted by atomic mass is 10.2. The number of hydrogen-bond acceptors (Lipinski definition) is 5. The Morgan fingerprint density at radius 3 is 2.19 bits per heavy atom. The van der Waals surface area contributed by atoms with Gasteiger partial charge in [-0.05, 0) is 42.9 Å². The van der Waals surface area contributed by atoms with Crippen LogP contribution in [-0.4, -0.2) is 48.5 Å². The zero-order chi connectivity index (χ0) is 18.5. The number of amides is 1. The quantitative estimate of drug-likeness (QED) is 0.660. The second-order valence-electron chi connectivity index (χ2n) is 6.23. The Bertz CT molecular complexity index is 766. The molecule has 0 unspecified atom stereocenters. The van der Waals surface area contributed by atoms with E-state index in [2.05, 4.69) is 22.0 Å². The monoisotopic (exact) mass is 354 g/mol. The van der Waals surface area contributed by atoms with Gasteiger partial charge in [0.05, 0.1) is 4.92 Å². The van der Waals surface area contributed by atoms with Crippen molar-refractivity contribution in [2.45, 2.75) is 6.92 Å². The largest absolute Gasteiger partial charge is 0.369 e. The van der Waals surface area contributed by atoms with Crippen molar-refractivity contribution in [3.05, 3.63) is 64.2 Å². The minimum Gasteiger partial charge on any atom is -0.369 e. The number of nitrogens with zero attached hydrogens (tertiary/aromatic N) is 3. The maximum absolute atomic E-state index is 12.3. The number of hydrogen-bond donors (Lipinski definition) is 1. The molecule has 0 spiro atoms. The van der Waals surface area contributed by atoms with Crippen LogP contribution in [0.5, 0.6) is 0 Å². The van der Waals surface area contributed by atoms with Crippen molar-refractivity contribution in [2.75, 3.05) is 42.9 Å². The second kappa shape index (κ2) is 7.97. The number of carbonyl (C=O) groups excluding carboxylic acids is 1. The fourth-order valence-electron chi connectivity index (χ4n) is 3.02. The van der Waals surface area contributed by atoms with Crippen LogP contribution >= 0.6 is 0 Å². The van der Waals surface area contributed by atoms with E-state index in [0.717, 1.165) is 38.4 Å². The van der Waals surface area contributed by atoms with Crippen molar-refractivity contribution in [3.8, 4) is 0 Å². The number of rotatable bonds is 5. The fraction of sp³-hybridized carbons (Fsp3) is 0.316. The summed E-state index contributed by atoms with van der Waals surface area (Å²) in [4.78, 5) is 27.2. The molecular formula is C19H22N4O3. The van der Waals surface area contributed by atoms with E-state index in [1.165, 1.54) is 24.3 Å². The fourth-order valence-corrected chi connectivity index (χ4v) is 3.02. The molecular weight excluding hydrogens is 332 g/mol. The SMILES string of the molecule is CCN1CCN(c2ccc(NC(=O)c3ccc([N+](=O)[O-])cc3)cc2)CC1. The van der Waals surface area contributed by atoms with Crippen molar-refractivity contribution >= 4 is 23.0 Å². The van der Waals surface area contributed by atoms with Gasteiger partial charge in [0.1, 0.15) is 0 Å². The first-order chi connectivity index (χ1) is 12.6. The van der Waals surface area contributed by atoms with Crippen LogP contribution in [-0.2, 0) is 0 Å². The highest BCUT2D eigenvalue weighted by molar-refractivity contribution is 6.04. The average Bonchev–Trinajstić information content (AvgIpc) is 2.68. The Morgan fingerprint density at radius 1 is 1.04 bits per heavy atom. The summed E-state index contributed by atoms with van der Waals surface area (Å²) in [7, 11) is 0. The van der Waals surface area contributed by atoms with Crippen molar-refractivity contribution in [2.24, 2.45) is 0 Å². The summed E-state index contributed by atoms with van der Waals surface area (Å²) < 4.78 is 0. The van der Waals surface area contributed by atoms with E-state index in [4.69, 9.17) is 0 Å². The lowest BCUT2D eigenvalue weighted by Gasteiger charge is -2.35. The number of nitro groups is 1. The van der Waals surface area contributed by atoms with Gasteiger partial charge in [0, 0.05) is 55.2 Å². The Kier molecular flexibility index (Phi) is 5.48. The summed E-state index contributed by atoms with van der Waals surface area (Å²) in [6.45, 7) is 7.40. The number of non-ortho nitro benzene ring substituents is 1. The Balaban J connectivity index is 1.60. The van der Waals surface area contributed by atoms with Crippen molar-refractivity contribution in [1.29, 1.82) is 0 Å². The van der Waals surface area contributed by atoms with Gasteiger partial charge in [0.2, 0.25) is 0 Å². The van der Waals surface area contributed by atoms with Gasteiger partial charge in [0.15, 0.2) is 0 Å². The Morgan fingerprint density at radius 2 is 1.65 bits per heavy atom. The van der Waals surface area contributed by atoms with Crippen molar-refractivity contribution in [1.82, 2.24) is 4.90 Å². The highest BCUT2D eigenvalue weighted by Crippen LogP contribution is 2.20. The molecule has 7 nitrogen and oxygen atoms in total. The number of benzene rings is 2. The van der Waals surface area contributed by atoms with Gasteiger partial charge < -0.3 is 15.1 Å². The van der Waals surface area contributed by atoms with Gasteiger partial charge in [0.25, 0.3) is 11.6 Å². The van der Waals surface area contributed by atoms with Gasteiger partial charge >= 0.3 is 0 Å². The normalized spacial score (nSPS) is 14.9. The molecule has 1 fully saturated rings. The third-order valence-corrected chi connectivity index (χ3v) is 4.65. The topological polar surface area (TPSA) is 78.7 Å². The first kappa shape index (κ1) is 17.9. The van der Waals surface area contributed by atoms with E-state index in [1.807, 2.05) is 24.3 Å². The van der Waals surface area contributed by atoms with E-state index in [-0.39, 0.29) is 11.6 Å². The second-order valence-corrected chi connectivity index (χ2v) is 6.23. The summed E-state index contributed by atoms with van der Waals surface area (Å²) in [6.07, 6.45) is 0. The van der Waals surface area contributed by atoms with Gasteiger partial charge in [-0.2, -0.15) is 0 Å². The van der Waals surface area contributed by atoms with Crippen LogP contribution in [0.3, 0.4) is 0 Å². The summed E-state index contributed by atoms with van der Waals surface area (Å²) >= 11 is 0. The predicted octanol–water partition coefficient (Wildman–Crippen LogP) is 2.99. The standard InChI is InChI=1S/C19H22N4O3/c1-2-21-11-13-22(14-12-21)17-9-5-16(6-10-17)20-19(24)15-3-7-18(8-4-15)23(25)26/h3-10H,2,11-14H2,1H3,(H,20,24). The van der Waals surface area contributed by atoms with Crippen molar-refractivity contribution < 1.29 is 9.72 Å². The summed E-state index contributed by atoms with van der Waals surface area (Å²) in [5, 5.41) is 13.5. The lowest BCUT2D eigenvalue weighted by molar-refractivity contribution is -0.384. The minimum atomic E-state index is -0.485. The minimum absolute atomic E-state index is 0.0333. The molecule has 0 bridgehead atoms. The molecule has 2 aromatic rings. The summed E-state index contributed by atoms with van der Waals surface area (Å²) in [6, 6.07) is 13.3. The van der Waals surface area contributed by atoms with Crippen molar-refractivity contribution in [3.63, 3.8) is 0 Å². The number of nitrogens with one attached hydrogen (secondary N) is 1. The van der Waals surface area contributed by atoms with E-state index < -0.39 is 4.92 Å². The number of likely N-dealkylation sites (N-methyl/N-ethyl adjacent to an activating group) is 1. The zero-order valence-corrected chi connectivity index (χ0v) is 14.7. The Hall–Kier alpha value is -2.93. The molecule has 2 aromatic carbocycles. The molecule has 1 N–H and O–H groups in total. The van der Waals surface area contributed by atoms with E-state index in [0.29, 0.717) is 11.3 Å². The predicted molar refractivity (Wildman–Crippen MR) is 102 cm³/mol. The van der Waals surface area contributed by atoms with Gasteiger partial charge in [-0.25, -0.2) is 0 Å². The molecule has 1 aliphatic heterocycles. The molecule has 3 rings (SSSR count). The molecule has 1 amide bonds. The Labute approximate surface area is 152 Å². The third kappa shape index (κ3) is 4.18. The molecule has 7 heteroatoms. The molecule has 1 aliphatic rings. The number of piperazine rings is 1. The smallest absolute Gasteiger partial charge is 0.269 e. The van der Waals surface area contributed by atoms with Crippen LogP contribution in [0.15, 0.2) is 48.5 Å². The van der Waals surface area contributed by atoms with E-state index in [1.54, 1.807) is 0 Å². The van der Waals surface area contributed by atoms with E-state index >= 15 is 0 Å². The lowest BCUT2D eigenvalue weighted by Crippen LogP contribution is -2.46. The van der Waals surface area contributed by atoms with Gasteiger partial charge in [-0.3, -0.25) is 14.9 Å². The summed E-state index contributed by atoms with van der Waals surface area (Å²) in [5.74, 6) is -0.288. The molecule has 1 heterocycles. The highest BCUT2D eigenvalue weighted by atomic mass is 16.6. The number of anilines is 2. The van der Waals surface area contributed by atoms with Crippen LogP contribution < -0.4 is 10.2 Å². The first-order valence-corrected chi connectivity index (χ1v) is 8.70. The molecule has 1 saturated heterocycles. The molecule has 0 saturated carbocycles. The van der Waals surface area contributed by atoms with Gasteiger partial charge in [-0.1, -0.05) is 6.92 Å². The molecule has 136 valence electrons. The maximum Gasteiger partial charge on any atom is 0.269 e. The highest BCUT2D eigenvalue weighted by Gasteiger charge is 2.16. The van der Waals surface area contributed by atoms with Crippen LogP contribution in [0.2, 0.25) is 0 Å². The third-order valence-electron chi connectivity index (χ3n) is 4.65. The zero-order valence-electron chi connectivity index (χ0n) is 14.7. The molecule has 0 atom stereocenters. The van der Waals surface area contributed by atoms with Gasteiger partial charge in [-0.15, -0.1) is 0 Å². The molecule has 26 heavy (non-hydrogen) atoms. The van der Waals surface area contributed by atoms with Crippen LogP contribution in [0.1, 0.15) is 17.3 Å². The average molecular weight is 354 g/mol. The summed E-state index contributed by atoms with van der Waals surface area (Å²) in [5.41, 5.74) is 2.20. The number of carbonyl (C=O) groups is 1. The van der Waals surface area contributed by atoms with Crippen LogP contribution in [0.25, 0.3) is 0 Å². The molecule has 0 aromatic heterocycles.